The maximum absolute atomic E-state index is 12.0. The third-order valence-electron chi connectivity index (χ3n) is 3.46. The van der Waals surface area contributed by atoms with Gasteiger partial charge in [0.1, 0.15) is 0 Å². The lowest BCUT2D eigenvalue weighted by molar-refractivity contribution is 0.0963. The van der Waals surface area contributed by atoms with Crippen molar-refractivity contribution in [2.75, 3.05) is 26.0 Å². The summed E-state index contributed by atoms with van der Waals surface area (Å²) in [6, 6.07) is 4.51. The molecule has 6 nitrogen and oxygen atoms in total. The molecule has 0 unspecified atom stereocenters. The summed E-state index contributed by atoms with van der Waals surface area (Å²) in [5.41, 5.74) is 1.21. The van der Waals surface area contributed by atoms with E-state index in [1.807, 2.05) is 0 Å². The highest BCUT2D eigenvalue weighted by atomic mass is 32.2. The van der Waals surface area contributed by atoms with Crippen LogP contribution in [0, 0.1) is 5.41 Å². The Balaban J connectivity index is 2.97. The smallest absolute Gasteiger partial charge is 0.253 e. The summed E-state index contributed by atoms with van der Waals surface area (Å²) < 4.78 is 26.0. The van der Waals surface area contributed by atoms with Crippen molar-refractivity contribution in [2.45, 2.75) is 38.5 Å². The van der Waals surface area contributed by atoms with Gasteiger partial charge in [-0.25, -0.2) is 13.1 Å². The van der Waals surface area contributed by atoms with E-state index in [1.54, 1.807) is 6.07 Å². The summed E-state index contributed by atoms with van der Waals surface area (Å²) in [5, 5.41) is 5.76. The summed E-state index contributed by atoms with van der Waals surface area (Å²) in [6.45, 7) is 7.26. The van der Waals surface area contributed by atoms with Crippen LogP contribution in [0.4, 0.5) is 5.69 Å². The van der Waals surface area contributed by atoms with Crippen LogP contribution in [0.1, 0.15) is 44.0 Å². The van der Waals surface area contributed by atoms with Crippen LogP contribution in [0.3, 0.4) is 0 Å². The molecule has 0 saturated heterocycles. The van der Waals surface area contributed by atoms with Gasteiger partial charge in [-0.1, -0.05) is 20.8 Å². The topological polar surface area (TPSA) is 87.3 Å². The number of sulfonamides is 1. The summed E-state index contributed by atoms with van der Waals surface area (Å²) in [7, 11) is -0.722. The monoisotopic (exact) mass is 341 g/mol. The number of hydrogen-bond donors (Lipinski definition) is 3. The van der Waals surface area contributed by atoms with Gasteiger partial charge in [0.2, 0.25) is 10.0 Å². The first kappa shape index (κ1) is 19.4. The van der Waals surface area contributed by atoms with Gasteiger partial charge in [-0.2, -0.15) is 0 Å². The van der Waals surface area contributed by atoms with Gasteiger partial charge in [0.15, 0.2) is 0 Å². The van der Waals surface area contributed by atoms with Crippen molar-refractivity contribution in [1.82, 2.24) is 10.0 Å². The average molecular weight is 341 g/mol. The molecular formula is C16H27N3O3S. The van der Waals surface area contributed by atoms with Crippen LogP contribution < -0.4 is 15.4 Å². The fraction of sp³-hybridized carbons (Fsp3) is 0.562. The number of carbonyl (C=O) groups excluding carboxylic acids is 1. The van der Waals surface area contributed by atoms with Crippen molar-refractivity contribution in [2.24, 2.45) is 5.41 Å². The van der Waals surface area contributed by atoms with Gasteiger partial charge in [-0.3, -0.25) is 4.79 Å². The van der Waals surface area contributed by atoms with E-state index in [0.29, 0.717) is 11.3 Å². The third kappa shape index (κ3) is 5.84. The van der Waals surface area contributed by atoms with E-state index in [-0.39, 0.29) is 16.2 Å². The van der Waals surface area contributed by atoms with Crippen molar-refractivity contribution < 1.29 is 13.2 Å². The molecule has 130 valence electrons. The Morgan fingerprint density at radius 1 is 1.17 bits per heavy atom. The highest BCUT2D eigenvalue weighted by Gasteiger charge is 2.17. The van der Waals surface area contributed by atoms with Crippen LogP contribution in [0.2, 0.25) is 0 Å². The fourth-order valence-corrected chi connectivity index (χ4v) is 2.88. The van der Waals surface area contributed by atoms with Crippen LogP contribution in [-0.2, 0) is 10.0 Å². The first-order valence-corrected chi connectivity index (χ1v) is 9.12. The van der Waals surface area contributed by atoms with Gasteiger partial charge in [0.25, 0.3) is 5.91 Å². The van der Waals surface area contributed by atoms with E-state index < -0.39 is 10.0 Å². The third-order valence-corrected chi connectivity index (χ3v) is 4.87. The largest absolute Gasteiger partial charge is 0.384 e. The summed E-state index contributed by atoms with van der Waals surface area (Å²) in [5.74, 6) is -0.323. The highest BCUT2D eigenvalue weighted by Crippen LogP contribution is 2.23. The second kappa shape index (κ2) is 7.79. The predicted octanol–water partition coefficient (Wildman–Crippen LogP) is 2.19. The number of benzene rings is 1. The Labute approximate surface area is 139 Å². The molecule has 1 rings (SSSR count). The van der Waals surface area contributed by atoms with E-state index in [4.69, 9.17) is 0 Å². The molecule has 0 spiro atoms. The lowest BCUT2D eigenvalue weighted by atomic mass is 9.90. The molecule has 0 saturated carbocycles. The predicted molar refractivity (Wildman–Crippen MR) is 93.3 cm³/mol. The van der Waals surface area contributed by atoms with Crippen LogP contribution in [0.25, 0.3) is 0 Å². The van der Waals surface area contributed by atoms with Crippen LogP contribution in [0.5, 0.6) is 0 Å². The van der Waals surface area contributed by atoms with Gasteiger partial charge < -0.3 is 10.6 Å². The van der Waals surface area contributed by atoms with Gasteiger partial charge in [0, 0.05) is 19.3 Å². The number of amides is 1. The summed E-state index contributed by atoms with van der Waals surface area (Å²) in [4.78, 5) is 12.1. The number of anilines is 1. The van der Waals surface area contributed by atoms with Gasteiger partial charge >= 0.3 is 0 Å². The quantitative estimate of drug-likeness (QED) is 0.664. The molecule has 0 radical (unpaired) electrons. The zero-order valence-electron chi connectivity index (χ0n) is 14.5. The molecular weight excluding hydrogens is 314 g/mol. The normalized spacial score (nSPS) is 12.0. The van der Waals surface area contributed by atoms with Crippen molar-refractivity contribution in [3.8, 4) is 0 Å². The standard InChI is InChI=1S/C16H27N3O3S/c1-16(2,3)9-6-10-19-14-8-7-12(23(21,22)18-5)11-13(14)15(20)17-4/h7-8,11,18-19H,6,9-10H2,1-5H3,(H,17,20). The molecule has 3 N–H and O–H groups in total. The van der Waals surface area contributed by atoms with Crippen LogP contribution in [0.15, 0.2) is 23.1 Å². The molecule has 1 amide bonds. The van der Waals surface area contributed by atoms with Crippen LogP contribution in [-0.4, -0.2) is 35.0 Å². The van der Waals surface area contributed by atoms with Crippen molar-refractivity contribution in [3.05, 3.63) is 23.8 Å². The molecule has 0 atom stereocenters. The van der Waals surface area contributed by atoms with E-state index in [0.717, 1.165) is 19.4 Å². The minimum atomic E-state index is -3.58. The van der Waals surface area contributed by atoms with E-state index in [1.165, 1.54) is 26.2 Å². The maximum atomic E-state index is 12.0. The Kier molecular flexibility index (Phi) is 6.58. The number of rotatable bonds is 7. The summed E-state index contributed by atoms with van der Waals surface area (Å²) >= 11 is 0. The molecule has 0 aliphatic carbocycles. The number of carbonyl (C=O) groups is 1. The molecule has 0 bridgehead atoms. The second-order valence-corrected chi connectivity index (χ2v) is 8.47. The van der Waals surface area contributed by atoms with E-state index in [9.17, 15) is 13.2 Å². The molecule has 0 aromatic heterocycles. The number of hydrogen-bond acceptors (Lipinski definition) is 4. The van der Waals surface area contributed by atoms with Gasteiger partial charge in [-0.05, 0) is 43.5 Å². The number of nitrogens with one attached hydrogen (secondary N) is 3. The fourth-order valence-electron chi connectivity index (χ4n) is 2.13. The Morgan fingerprint density at radius 3 is 2.35 bits per heavy atom. The van der Waals surface area contributed by atoms with Crippen LogP contribution >= 0.6 is 0 Å². The molecule has 0 fully saturated rings. The minimum absolute atomic E-state index is 0.0684. The molecule has 1 aromatic carbocycles. The maximum Gasteiger partial charge on any atom is 0.253 e. The van der Waals surface area contributed by atoms with Gasteiger partial charge in [0.05, 0.1) is 10.5 Å². The van der Waals surface area contributed by atoms with Crippen molar-refractivity contribution in [1.29, 1.82) is 0 Å². The highest BCUT2D eigenvalue weighted by molar-refractivity contribution is 7.89. The molecule has 0 aliphatic rings. The van der Waals surface area contributed by atoms with Crippen molar-refractivity contribution in [3.63, 3.8) is 0 Å². The zero-order chi connectivity index (χ0) is 17.7. The molecule has 0 heterocycles. The van der Waals surface area contributed by atoms with E-state index >= 15 is 0 Å². The molecule has 1 aromatic rings. The zero-order valence-corrected chi connectivity index (χ0v) is 15.3. The molecule has 7 heteroatoms. The second-order valence-electron chi connectivity index (χ2n) is 6.59. The van der Waals surface area contributed by atoms with Gasteiger partial charge in [-0.15, -0.1) is 0 Å². The molecule has 23 heavy (non-hydrogen) atoms. The first-order valence-electron chi connectivity index (χ1n) is 7.64. The van der Waals surface area contributed by atoms with E-state index in [2.05, 4.69) is 36.1 Å². The SMILES string of the molecule is CNC(=O)c1cc(S(=O)(=O)NC)ccc1NCCCC(C)(C)C. The Morgan fingerprint density at radius 2 is 1.83 bits per heavy atom. The molecule has 0 aliphatic heterocycles. The minimum Gasteiger partial charge on any atom is -0.384 e. The summed E-state index contributed by atoms with van der Waals surface area (Å²) in [6.07, 6.45) is 2.02. The lowest BCUT2D eigenvalue weighted by Crippen LogP contribution is -2.23. The lowest BCUT2D eigenvalue weighted by Gasteiger charge is -2.18. The first-order chi connectivity index (χ1) is 10.6. The Hall–Kier alpha value is -1.60. The van der Waals surface area contributed by atoms with Crippen molar-refractivity contribution >= 4 is 21.6 Å². The Bertz CT molecular complexity index is 649. The average Bonchev–Trinajstić information content (AvgIpc) is 2.49.